The Labute approximate surface area is 349 Å². The van der Waals surface area contributed by atoms with E-state index < -0.39 is 49.5 Å². The summed E-state index contributed by atoms with van der Waals surface area (Å²) in [5.74, 6) is -0.184. The highest BCUT2D eigenvalue weighted by molar-refractivity contribution is 5.76. The zero-order chi connectivity index (χ0) is 41.6. The first-order valence-electron chi connectivity index (χ1n) is 23.7. The van der Waals surface area contributed by atoms with Gasteiger partial charge in [-0.1, -0.05) is 166 Å². The van der Waals surface area contributed by atoms with E-state index in [1.165, 1.54) is 128 Å². The van der Waals surface area contributed by atoms with Crippen LogP contribution in [0, 0.1) is 0 Å². The van der Waals surface area contributed by atoms with E-state index in [1.54, 1.807) is 6.08 Å². The molecule has 1 saturated heterocycles. The van der Waals surface area contributed by atoms with Gasteiger partial charge >= 0.3 is 0 Å². The lowest BCUT2D eigenvalue weighted by Gasteiger charge is -2.40. The maximum absolute atomic E-state index is 13.0. The molecule has 1 aliphatic rings. The Morgan fingerprint density at radius 1 is 0.579 bits per heavy atom. The van der Waals surface area contributed by atoms with Gasteiger partial charge < -0.3 is 40.3 Å². The molecule has 0 aromatic heterocycles. The van der Waals surface area contributed by atoms with Crippen molar-refractivity contribution in [1.29, 1.82) is 0 Å². The van der Waals surface area contributed by atoms with Gasteiger partial charge in [0.25, 0.3) is 0 Å². The van der Waals surface area contributed by atoms with Crippen LogP contribution in [0.2, 0.25) is 0 Å². The summed E-state index contributed by atoms with van der Waals surface area (Å²) >= 11 is 0. The fourth-order valence-electron chi connectivity index (χ4n) is 7.32. The first kappa shape index (κ1) is 53.4. The third kappa shape index (κ3) is 29.3. The maximum atomic E-state index is 13.0. The van der Waals surface area contributed by atoms with Gasteiger partial charge in [-0.2, -0.15) is 0 Å². The second kappa shape index (κ2) is 38.6. The highest BCUT2D eigenvalue weighted by Gasteiger charge is 2.44. The first-order valence-corrected chi connectivity index (χ1v) is 23.7. The minimum atomic E-state index is -1.57. The number of allylic oxidation sites excluding steroid dienone is 5. The molecule has 7 atom stereocenters. The van der Waals surface area contributed by atoms with E-state index >= 15 is 0 Å². The van der Waals surface area contributed by atoms with Gasteiger partial charge in [-0.15, -0.1) is 0 Å². The minimum Gasteiger partial charge on any atom is -0.394 e. The van der Waals surface area contributed by atoms with E-state index in [9.17, 15) is 30.3 Å². The predicted molar refractivity (Wildman–Crippen MR) is 235 cm³/mol. The number of nitrogens with one attached hydrogen (secondary N) is 1. The molecule has 57 heavy (non-hydrogen) atoms. The van der Waals surface area contributed by atoms with Gasteiger partial charge in [0.15, 0.2) is 6.29 Å². The zero-order valence-corrected chi connectivity index (χ0v) is 36.6. The molecule has 0 spiro atoms. The Bertz CT molecular complexity index is 987. The van der Waals surface area contributed by atoms with Gasteiger partial charge in [-0.3, -0.25) is 4.79 Å². The lowest BCUT2D eigenvalue weighted by atomic mass is 9.99. The number of unbranched alkanes of at least 4 members (excludes halogenated alkanes) is 25. The lowest BCUT2D eigenvalue weighted by molar-refractivity contribution is -0.302. The van der Waals surface area contributed by atoms with Crippen molar-refractivity contribution in [3.8, 4) is 0 Å². The fraction of sp³-hybridized carbons (Fsp3) is 0.854. The van der Waals surface area contributed by atoms with Gasteiger partial charge in [0.05, 0.1) is 25.4 Å². The minimum absolute atomic E-state index is 0.184. The molecule has 1 heterocycles. The average Bonchev–Trinajstić information content (AvgIpc) is 3.21. The average molecular weight is 808 g/mol. The van der Waals surface area contributed by atoms with E-state index in [1.807, 2.05) is 6.08 Å². The number of ether oxygens (including phenoxy) is 2. The largest absolute Gasteiger partial charge is 0.394 e. The van der Waals surface area contributed by atoms with Gasteiger partial charge in [-0.05, 0) is 70.6 Å². The molecule has 9 nitrogen and oxygen atoms in total. The number of rotatable bonds is 39. The molecule has 1 rings (SSSR count). The summed E-state index contributed by atoms with van der Waals surface area (Å²) in [6.45, 7) is 3.74. The molecule has 0 aromatic carbocycles. The number of amides is 1. The molecule has 0 radical (unpaired) electrons. The number of hydrogen-bond donors (Lipinski definition) is 6. The molecule has 2 unspecified atom stereocenters. The van der Waals surface area contributed by atoms with Crippen molar-refractivity contribution in [2.24, 2.45) is 0 Å². The monoisotopic (exact) mass is 808 g/mol. The predicted octanol–water partition coefficient (Wildman–Crippen LogP) is 10.1. The fourth-order valence-corrected chi connectivity index (χ4v) is 7.32. The summed E-state index contributed by atoms with van der Waals surface area (Å²) in [5.41, 5.74) is 0. The van der Waals surface area contributed by atoms with Crippen LogP contribution in [0.15, 0.2) is 36.5 Å². The molecular weight excluding hydrogens is 719 g/mol. The van der Waals surface area contributed by atoms with Crippen LogP contribution in [0.5, 0.6) is 0 Å². The second-order valence-corrected chi connectivity index (χ2v) is 16.5. The van der Waals surface area contributed by atoms with Crippen LogP contribution in [-0.4, -0.2) is 87.5 Å². The first-order chi connectivity index (χ1) is 27.8. The Balaban J connectivity index is 2.31. The number of carbonyl (C=O) groups is 1. The molecule has 6 N–H and O–H groups in total. The summed E-state index contributed by atoms with van der Waals surface area (Å²) in [6.07, 6.45) is 40.4. The normalized spacial score (nSPS) is 21.3. The van der Waals surface area contributed by atoms with E-state index in [-0.39, 0.29) is 12.5 Å². The van der Waals surface area contributed by atoms with E-state index in [2.05, 4.69) is 43.5 Å². The van der Waals surface area contributed by atoms with Crippen LogP contribution < -0.4 is 5.32 Å². The molecule has 0 saturated carbocycles. The van der Waals surface area contributed by atoms with Crippen molar-refractivity contribution in [2.45, 2.75) is 249 Å². The summed E-state index contributed by atoms with van der Waals surface area (Å²) in [6, 6.07) is -0.810. The van der Waals surface area contributed by atoms with Crippen molar-refractivity contribution in [2.75, 3.05) is 13.2 Å². The standard InChI is InChI=1S/C48H89NO8/c1-3-5-7-9-11-13-15-17-18-19-20-21-22-23-24-26-28-30-32-34-36-38-44(52)49-41(40-56-48-47(55)46(54)45(53)43(39-50)57-48)42(51)37-35-33-31-29-27-25-16-14-12-10-8-6-4-2/h14,16-18,35,37,41-43,45-48,50-51,53-55H,3-13,15,19-34,36,38-40H2,1-2H3,(H,49,52)/b16-14+,18-17-,37-35+/t41-,42+,43?,45+,46+,47?,48+/m0/s1. The molecule has 334 valence electrons. The summed E-state index contributed by atoms with van der Waals surface area (Å²) in [5, 5.41) is 54.2. The van der Waals surface area contributed by atoms with E-state index in [0.717, 1.165) is 57.8 Å². The van der Waals surface area contributed by atoms with Gasteiger partial charge in [0.2, 0.25) is 5.91 Å². The van der Waals surface area contributed by atoms with Crippen LogP contribution in [0.3, 0.4) is 0 Å². The Kier molecular flexibility index (Phi) is 36.2. The van der Waals surface area contributed by atoms with E-state index in [0.29, 0.717) is 6.42 Å². The maximum Gasteiger partial charge on any atom is 0.220 e. The number of aliphatic hydroxyl groups excluding tert-OH is 5. The lowest BCUT2D eigenvalue weighted by Crippen LogP contribution is -2.60. The smallest absolute Gasteiger partial charge is 0.220 e. The Morgan fingerprint density at radius 2 is 0.982 bits per heavy atom. The van der Waals surface area contributed by atoms with Crippen LogP contribution in [0.25, 0.3) is 0 Å². The molecule has 1 fully saturated rings. The topological polar surface area (TPSA) is 149 Å². The summed E-state index contributed by atoms with van der Waals surface area (Å²) in [7, 11) is 0. The van der Waals surface area contributed by atoms with Crippen molar-refractivity contribution >= 4 is 5.91 Å². The summed E-state index contributed by atoms with van der Waals surface area (Å²) < 4.78 is 11.2. The number of aliphatic hydroxyl groups is 5. The second-order valence-electron chi connectivity index (χ2n) is 16.5. The Morgan fingerprint density at radius 3 is 1.46 bits per heavy atom. The third-order valence-electron chi connectivity index (χ3n) is 11.2. The van der Waals surface area contributed by atoms with Gasteiger partial charge in [0, 0.05) is 6.42 Å². The van der Waals surface area contributed by atoms with Crippen LogP contribution in [-0.2, 0) is 14.3 Å². The van der Waals surface area contributed by atoms with Crippen molar-refractivity contribution < 1.29 is 39.8 Å². The van der Waals surface area contributed by atoms with Crippen LogP contribution in [0.4, 0.5) is 0 Å². The SMILES string of the molecule is CCCCCC/C=C/CCCCC/C=C/[C@@H](O)[C@H](CO[C@@H]1OC(CO)[C@@H](O)[C@@H](O)C1O)NC(=O)CCCCCCCCCCCCC/C=C\CCCCCCCC. The highest BCUT2D eigenvalue weighted by atomic mass is 16.7. The quantitative estimate of drug-likeness (QED) is 0.0266. The highest BCUT2D eigenvalue weighted by Crippen LogP contribution is 2.22. The molecule has 0 bridgehead atoms. The molecular formula is C48H89NO8. The third-order valence-corrected chi connectivity index (χ3v) is 11.2. The van der Waals surface area contributed by atoms with Gasteiger partial charge in [-0.25, -0.2) is 0 Å². The molecule has 1 aliphatic heterocycles. The summed E-state index contributed by atoms with van der Waals surface area (Å²) in [4.78, 5) is 13.0. The molecule has 9 heteroatoms. The molecule has 0 aliphatic carbocycles. The van der Waals surface area contributed by atoms with Crippen molar-refractivity contribution in [3.63, 3.8) is 0 Å². The Hall–Kier alpha value is -1.59. The van der Waals surface area contributed by atoms with Gasteiger partial charge in [0.1, 0.15) is 24.4 Å². The van der Waals surface area contributed by atoms with Crippen molar-refractivity contribution in [1.82, 2.24) is 5.32 Å². The van der Waals surface area contributed by atoms with Crippen LogP contribution >= 0.6 is 0 Å². The van der Waals surface area contributed by atoms with Crippen molar-refractivity contribution in [3.05, 3.63) is 36.5 Å². The number of hydrogen-bond acceptors (Lipinski definition) is 8. The molecule has 1 amide bonds. The zero-order valence-electron chi connectivity index (χ0n) is 36.6. The molecule has 0 aromatic rings. The number of carbonyl (C=O) groups excluding carboxylic acids is 1. The van der Waals surface area contributed by atoms with E-state index in [4.69, 9.17) is 9.47 Å². The van der Waals surface area contributed by atoms with Crippen LogP contribution in [0.1, 0.15) is 206 Å².